The standard InChI is InChI=1S/C15H20BrNO5S/c1-20-14-5-4-12(9-13(14)16)23(18,19)17-6-2-3-11(10-17)15-21-7-8-22-15/h4-5,9,11,15H,2-3,6-8,10H2,1H3. The second-order valence-corrected chi connectivity index (χ2v) is 8.46. The van der Waals surface area contributed by atoms with Crippen LogP contribution in [0.4, 0.5) is 0 Å². The zero-order valence-electron chi connectivity index (χ0n) is 12.9. The quantitative estimate of drug-likeness (QED) is 0.768. The maximum Gasteiger partial charge on any atom is 0.243 e. The first-order chi connectivity index (χ1) is 11.0. The molecule has 0 radical (unpaired) electrons. The highest BCUT2D eigenvalue weighted by Gasteiger charge is 2.36. The zero-order chi connectivity index (χ0) is 16.4. The molecule has 0 bridgehead atoms. The highest BCUT2D eigenvalue weighted by molar-refractivity contribution is 9.10. The van der Waals surface area contributed by atoms with E-state index in [1.165, 1.54) is 4.31 Å². The Hall–Kier alpha value is -0.670. The number of halogens is 1. The molecule has 0 aliphatic carbocycles. The van der Waals surface area contributed by atoms with E-state index in [0.29, 0.717) is 36.5 Å². The zero-order valence-corrected chi connectivity index (χ0v) is 15.3. The Morgan fingerprint density at radius 3 is 2.70 bits per heavy atom. The molecule has 2 fully saturated rings. The summed E-state index contributed by atoms with van der Waals surface area (Å²) in [5, 5.41) is 0. The largest absolute Gasteiger partial charge is 0.496 e. The van der Waals surface area contributed by atoms with Gasteiger partial charge in [-0.2, -0.15) is 4.31 Å². The van der Waals surface area contributed by atoms with Gasteiger partial charge in [-0.05, 0) is 47.0 Å². The van der Waals surface area contributed by atoms with Crippen molar-refractivity contribution in [2.45, 2.75) is 24.0 Å². The Labute approximate surface area is 144 Å². The van der Waals surface area contributed by atoms with Gasteiger partial charge in [-0.15, -0.1) is 0 Å². The minimum absolute atomic E-state index is 0.0858. The summed E-state index contributed by atoms with van der Waals surface area (Å²) in [4.78, 5) is 0.263. The van der Waals surface area contributed by atoms with E-state index in [-0.39, 0.29) is 17.1 Å². The predicted octanol–water partition coefficient (Wildman–Crippen LogP) is 2.23. The van der Waals surface area contributed by atoms with E-state index < -0.39 is 10.0 Å². The van der Waals surface area contributed by atoms with Crippen molar-refractivity contribution >= 4 is 26.0 Å². The van der Waals surface area contributed by atoms with Gasteiger partial charge in [-0.25, -0.2) is 8.42 Å². The van der Waals surface area contributed by atoms with Crippen LogP contribution in [0.2, 0.25) is 0 Å². The maximum absolute atomic E-state index is 12.9. The third-order valence-corrected chi connectivity index (χ3v) is 6.69. The molecule has 0 N–H and O–H groups in total. The second-order valence-electron chi connectivity index (χ2n) is 5.67. The fourth-order valence-corrected chi connectivity index (χ4v) is 5.27. The summed E-state index contributed by atoms with van der Waals surface area (Å²) >= 11 is 3.34. The number of benzene rings is 1. The minimum Gasteiger partial charge on any atom is -0.496 e. The van der Waals surface area contributed by atoms with Crippen LogP contribution in [0, 0.1) is 5.92 Å². The molecule has 1 unspecified atom stereocenters. The Bertz CT molecular complexity index is 660. The summed E-state index contributed by atoms with van der Waals surface area (Å²) in [7, 11) is -1.99. The molecule has 0 aromatic heterocycles. The third-order valence-electron chi connectivity index (χ3n) is 4.21. The number of ether oxygens (including phenoxy) is 3. The molecule has 1 atom stereocenters. The molecule has 1 aromatic carbocycles. The van der Waals surface area contributed by atoms with Crippen LogP contribution in [0.5, 0.6) is 5.75 Å². The Balaban J connectivity index is 1.79. The Morgan fingerprint density at radius 2 is 2.04 bits per heavy atom. The van der Waals surface area contributed by atoms with Crippen LogP contribution in [0.1, 0.15) is 12.8 Å². The number of hydrogen-bond acceptors (Lipinski definition) is 5. The molecule has 23 heavy (non-hydrogen) atoms. The van der Waals surface area contributed by atoms with Crippen molar-refractivity contribution in [2.24, 2.45) is 5.92 Å². The van der Waals surface area contributed by atoms with Crippen LogP contribution in [-0.4, -0.2) is 52.4 Å². The molecule has 2 aliphatic heterocycles. The van der Waals surface area contributed by atoms with E-state index in [1.54, 1.807) is 25.3 Å². The summed E-state index contributed by atoms with van der Waals surface area (Å²) in [6.45, 7) is 2.12. The predicted molar refractivity (Wildman–Crippen MR) is 87.9 cm³/mol. The molecule has 0 spiro atoms. The van der Waals surface area contributed by atoms with Crippen molar-refractivity contribution in [1.82, 2.24) is 4.31 Å². The second kappa shape index (κ2) is 7.06. The van der Waals surface area contributed by atoms with E-state index in [1.807, 2.05) is 0 Å². The topological polar surface area (TPSA) is 65.1 Å². The highest BCUT2D eigenvalue weighted by atomic mass is 79.9. The number of piperidine rings is 1. The van der Waals surface area contributed by atoms with Crippen LogP contribution in [0.15, 0.2) is 27.6 Å². The molecule has 2 aliphatic rings. The van der Waals surface area contributed by atoms with Crippen molar-refractivity contribution in [1.29, 1.82) is 0 Å². The fourth-order valence-electron chi connectivity index (χ4n) is 3.02. The first-order valence-electron chi connectivity index (χ1n) is 7.59. The third kappa shape index (κ3) is 3.56. The van der Waals surface area contributed by atoms with Crippen LogP contribution in [0.25, 0.3) is 0 Å². The number of sulfonamides is 1. The van der Waals surface area contributed by atoms with Crippen LogP contribution in [-0.2, 0) is 19.5 Å². The van der Waals surface area contributed by atoms with Gasteiger partial charge in [0, 0.05) is 19.0 Å². The smallest absolute Gasteiger partial charge is 0.243 e. The lowest BCUT2D eigenvalue weighted by atomic mass is 9.99. The van der Waals surface area contributed by atoms with E-state index >= 15 is 0 Å². The average Bonchev–Trinajstić information content (AvgIpc) is 3.09. The van der Waals surface area contributed by atoms with Crippen molar-refractivity contribution in [2.75, 3.05) is 33.4 Å². The van der Waals surface area contributed by atoms with Gasteiger partial charge in [-0.3, -0.25) is 0 Å². The van der Waals surface area contributed by atoms with Crippen molar-refractivity contribution < 1.29 is 22.6 Å². The maximum atomic E-state index is 12.9. The number of hydrogen-bond donors (Lipinski definition) is 0. The van der Waals surface area contributed by atoms with Gasteiger partial charge in [0.15, 0.2) is 6.29 Å². The minimum atomic E-state index is -3.54. The summed E-state index contributed by atoms with van der Waals surface area (Å²) in [6, 6.07) is 4.81. The summed E-state index contributed by atoms with van der Waals surface area (Å²) < 4.78 is 44.2. The Kier molecular flexibility index (Phi) is 5.27. The van der Waals surface area contributed by atoms with Gasteiger partial charge < -0.3 is 14.2 Å². The molecule has 3 rings (SSSR count). The molecule has 0 amide bonds. The molecular weight excluding hydrogens is 386 g/mol. The van der Waals surface area contributed by atoms with Crippen LogP contribution in [0.3, 0.4) is 0 Å². The summed E-state index contributed by atoms with van der Waals surface area (Å²) in [5.41, 5.74) is 0. The normalized spacial score (nSPS) is 24.0. The van der Waals surface area contributed by atoms with Crippen LogP contribution >= 0.6 is 15.9 Å². The van der Waals surface area contributed by atoms with Crippen molar-refractivity contribution in [3.05, 3.63) is 22.7 Å². The molecule has 128 valence electrons. The summed E-state index contributed by atoms with van der Waals surface area (Å²) in [6.07, 6.45) is 1.45. The van der Waals surface area contributed by atoms with E-state index in [2.05, 4.69) is 15.9 Å². The van der Waals surface area contributed by atoms with Crippen molar-refractivity contribution in [3.63, 3.8) is 0 Å². The molecular formula is C15H20BrNO5S. The first-order valence-corrected chi connectivity index (χ1v) is 9.82. The summed E-state index contributed by atoms with van der Waals surface area (Å²) in [5.74, 6) is 0.691. The van der Waals surface area contributed by atoms with Gasteiger partial charge >= 0.3 is 0 Å². The van der Waals surface area contributed by atoms with Gasteiger partial charge in [0.05, 0.1) is 29.7 Å². The molecule has 2 heterocycles. The van der Waals surface area contributed by atoms with E-state index in [9.17, 15) is 8.42 Å². The van der Waals surface area contributed by atoms with Gasteiger partial charge in [0.25, 0.3) is 0 Å². The molecule has 6 nitrogen and oxygen atoms in total. The fraction of sp³-hybridized carbons (Fsp3) is 0.600. The number of nitrogens with zero attached hydrogens (tertiary/aromatic N) is 1. The lowest BCUT2D eigenvalue weighted by Crippen LogP contribution is -2.43. The van der Waals surface area contributed by atoms with E-state index in [4.69, 9.17) is 14.2 Å². The molecule has 0 saturated carbocycles. The molecule has 8 heteroatoms. The highest BCUT2D eigenvalue weighted by Crippen LogP contribution is 2.32. The molecule has 2 saturated heterocycles. The lowest BCUT2D eigenvalue weighted by molar-refractivity contribution is -0.0940. The Morgan fingerprint density at radius 1 is 1.30 bits per heavy atom. The van der Waals surface area contributed by atoms with Gasteiger partial charge in [0.2, 0.25) is 10.0 Å². The first kappa shape index (κ1) is 17.2. The average molecular weight is 406 g/mol. The molecule has 1 aromatic rings. The van der Waals surface area contributed by atoms with Gasteiger partial charge in [-0.1, -0.05) is 0 Å². The number of rotatable bonds is 4. The SMILES string of the molecule is COc1ccc(S(=O)(=O)N2CCCC(C3OCCO3)C2)cc1Br. The lowest BCUT2D eigenvalue weighted by Gasteiger charge is -2.33. The van der Waals surface area contributed by atoms with Gasteiger partial charge in [0.1, 0.15) is 5.75 Å². The number of methoxy groups -OCH3 is 1. The van der Waals surface area contributed by atoms with E-state index in [0.717, 1.165) is 12.8 Å². The monoisotopic (exact) mass is 405 g/mol. The van der Waals surface area contributed by atoms with Crippen molar-refractivity contribution in [3.8, 4) is 5.75 Å². The van der Waals surface area contributed by atoms with Crippen LogP contribution < -0.4 is 4.74 Å².